The Morgan fingerprint density at radius 2 is 1.80 bits per heavy atom. The van der Waals surface area contributed by atoms with Crippen molar-refractivity contribution in [2.24, 2.45) is 5.41 Å². The van der Waals surface area contributed by atoms with E-state index >= 15 is 0 Å². The number of ether oxygens (including phenoxy) is 1. The van der Waals surface area contributed by atoms with Crippen LogP contribution in [0, 0.1) is 5.41 Å². The molecule has 2 aromatic carbocycles. The first-order valence-electron chi connectivity index (χ1n) is 9.50. The molecule has 1 N–H and O–H groups in total. The summed E-state index contributed by atoms with van der Waals surface area (Å²) in [6, 6.07) is 17.4. The van der Waals surface area contributed by atoms with Crippen LogP contribution in [0.2, 0.25) is 0 Å². The van der Waals surface area contributed by atoms with Gasteiger partial charge in [0.25, 0.3) is 5.56 Å². The van der Waals surface area contributed by atoms with Gasteiger partial charge in [-0.1, -0.05) is 42.5 Å². The smallest absolute Gasteiger partial charge is 0.313 e. The van der Waals surface area contributed by atoms with Crippen molar-refractivity contribution in [3.05, 3.63) is 65.0 Å². The lowest BCUT2D eigenvalue weighted by Crippen LogP contribution is -2.24. The summed E-state index contributed by atoms with van der Waals surface area (Å²) in [5.74, 6) is -0.161. The van der Waals surface area contributed by atoms with Gasteiger partial charge in [0.15, 0.2) is 12.6 Å². The lowest BCUT2D eigenvalue weighted by Gasteiger charge is -2.16. The van der Waals surface area contributed by atoms with E-state index in [0.717, 1.165) is 16.3 Å². The van der Waals surface area contributed by atoms with E-state index in [1.165, 1.54) is 4.68 Å². The number of aromatic amines is 1. The minimum Gasteiger partial charge on any atom is -0.442 e. The molecule has 8 heteroatoms. The molecule has 0 unspecified atom stereocenters. The highest BCUT2D eigenvalue weighted by molar-refractivity contribution is 5.95. The van der Waals surface area contributed by atoms with Gasteiger partial charge in [0, 0.05) is 11.3 Å². The second-order valence-corrected chi connectivity index (χ2v) is 7.95. The topological polar surface area (TPSA) is 103 Å². The molecule has 0 fully saturated rings. The van der Waals surface area contributed by atoms with Gasteiger partial charge in [-0.2, -0.15) is 4.68 Å². The van der Waals surface area contributed by atoms with E-state index in [1.807, 2.05) is 48.5 Å². The summed E-state index contributed by atoms with van der Waals surface area (Å²) in [5, 5.41) is 13.5. The van der Waals surface area contributed by atoms with Gasteiger partial charge in [0.1, 0.15) is 0 Å². The molecular weight excluding hydrogens is 382 g/mol. The molecule has 4 rings (SSSR count). The molecule has 2 heterocycles. The highest BCUT2D eigenvalue weighted by Crippen LogP contribution is 2.27. The number of carbonyl (C=O) groups excluding carboxylic acids is 1. The van der Waals surface area contributed by atoms with E-state index in [4.69, 9.17) is 4.74 Å². The van der Waals surface area contributed by atoms with Gasteiger partial charge >= 0.3 is 5.97 Å². The Bertz CT molecular complexity index is 1280. The van der Waals surface area contributed by atoms with Crippen LogP contribution in [0.5, 0.6) is 0 Å². The Labute approximate surface area is 172 Å². The van der Waals surface area contributed by atoms with Crippen LogP contribution in [-0.4, -0.2) is 31.2 Å². The number of nitrogens with one attached hydrogen (secondary N) is 1. The van der Waals surface area contributed by atoms with Crippen molar-refractivity contribution in [1.29, 1.82) is 0 Å². The van der Waals surface area contributed by atoms with Crippen LogP contribution in [0.3, 0.4) is 0 Å². The van der Waals surface area contributed by atoms with Gasteiger partial charge in [0.05, 0.1) is 11.0 Å². The second kappa shape index (κ2) is 7.55. The zero-order valence-corrected chi connectivity index (χ0v) is 16.9. The van der Waals surface area contributed by atoms with Crippen molar-refractivity contribution < 1.29 is 9.53 Å². The molecule has 0 bridgehead atoms. The van der Waals surface area contributed by atoms with E-state index in [2.05, 4.69) is 20.5 Å². The van der Waals surface area contributed by atoms with Crippen LogP contribution in [0.4, 0.5) is 0 Å². The molecule has 0 aliphatic carbocycles. The minimum absolute atomic E-state index is 0.178. The predicted octanol–water partition coefficient (Wildman–Crippen LogP) is 3.40. The van der Waals surface area contributed by atoms with Gasteiger partial charge in [-0.05, 0) is 54.1 Å². The maximum absolute atomic E-state index is 12.8. The molecule has 2 aromatic heterocycles. The Kier molecular flexibility index (Phi) is 4.91. The molecule has 0 aliphatic heterocycles. The van der Waals surface area contributed by atoms with Crippen molar-refractivity contribution in [2.45, 2.75) is 27.5 Å². The number of tetrazole rings is 1. The molecule has 0 aliphatic rings. The molecule has 0 atom stereocenters. The number of hydrogen-bond donors (Lipinski definition) is 1. The van der Waals surface area contributed by atoms with Crippen molar-refractivity contribution in [2.75, 3.05) is 0 Å². The number of carbonyl (C=O) groups is 1. The summed E-state index contributed by atoms with van der Waals surface area (Å²) in [4.78, 5) is 27.8. The maximum atomic E-state index is 12.8. The fourth-order valence-electron chi connectivity index (χ4n) is 3.09. The summed E-state index contributed by atoms with van der Waals surface area (Å²) in [5.41, 5.74) is 0.926. The largest absolute Gasteiger partial charge is 0.442 e. The van der Waals surface area contributed by atoms with Crippen LogP contribution in [0.1, 0.15) is 20.8 Å². The van der Waals surface area contributed by atoms with Crippen LogP contribution in [0.15, 0.2) is 59.4 Å². The quantitative estimate of drug-likeness (QED) is 0.524. The first-order valence-corrected chi connectivity index (χ1v) is 9.50. The lowest BCUT2D eigenvalue weighted by atomic mass is 9.98. The number of nitrogens with zero attached hydrogens (tertiary/aromatic N) is 4. The van der Waals surface area contributed by atoms with E-state index in [-0.39, 0.29) is 29.6 Å². The summed E-state index contributed by atoms with van der Waals surface area (Å²) < 4.78 is 6.55. The lowest BCUT2D eigenvalue weighted by molar-refractivity contribution is -0.157. The first-order chi connectivity index (χ1) is 14.3. The van der Waals surface area contributed by atoms with Crippen molar-refractivity contribution in [3.8, 4) is 22.6 Å². The number of benzene rings is 2. The van der Waals surface area contributed by atoms with Crippen LogP contribution in [-0.2, 0) is 16.3 Å². The molecule has 30 heavy (non-hydrogen) atoms. The van der Waals surface area contributed by atoms with E-state index in [0.29, 0.717) is 5.69 Å². The van der Waals surface area contributed by atoms with E-state index in [1.54, 1.807) is 26.8 Å². The number of pyridine rings is 1. The fraction of sp³-hybridized carbons (Fsp3) is 0.227. The van der Waals surface area contributed by atoms with Crippen molar-refractivity contribution in [1.82, 2.24) is 25.2 Å². The molecule has 0 amide bonds. The standard InChI is InChI=1S/C22H21N5O3/c1-22(2,3)21(29)30-13-27-19(24-25-26-27)17-11-12-18(23-20(17)28)16-10-6-8-14-7-4-5-9-15(14)16/h4-12H,13H2,1-3H3,(H,23,28). The predicted molar refractivity (Wildman–Crippen MR) is 112 cm³/mol. The van der Waals surface area contributed by atoms with Gasteiger partial charge in [-0.15, -0.1) is 5.10 Å². The van der Waals surface area contributed by atoms with Gasteiger partial charge < -0.3 is 9.72 Å². The Morgan fingerprint density at radius 1 is 1.03 bits per heavy atom. The second-order valence-electron chi connectivity index (χ2n) is 7.95. The minimum atomic E-state index is -0.647. The van der Waals surface area contributed by atoms with Gasteiger partial charge in [-0.3, -0.25) is 9.59 Å². The van der Waals surface area contributed by atoms with Gasteiger partial charge in [-0.25, -0.2) is 0 Å². The Morgan fingerprint density at radius 3 is 2.57 bits per heavy atom. The van der Waals surface area contributed by atoms with Crippen molar-refractivity contribution in [3.63, 3.8) is 0 Å². The molecule has 0 saturated carbocycles. The highest BCUT2D eigenvalue weighted by atomic mass is 16.5. The molecule has 4 aromatic rings. The molecule has 152 valence electrons. The summed E-state index contributed by atoms with van der Waals surface area (Å²) in [7, 11) is 0. The molecular formula is C22H21N5O3. The van der Waals surface area contributed by atoms with E-state index < -0.39 is 5.41 Å². The molecule has 0 spiro atoms. The Balaban J connectivity index is 1.66. The average molecular weight is 403 g/mol. The molecule has 0 radical (unpaired) electrons. The average Bonchev–Trinajstić information content (AvgIpc) is 3.19. The fourth-order valence-corrected chi connectivity index (χ4v) is 3.09. The summed E-state index contributed by atoms with van der Waals surface area (Å²) >= 11 is 0. The van der Waals surface area contributed by atoms with Crippen LogP contribution >= 0.6 is 0 Å². The monoisotopic (exact) mass is 403 g/mol. The first kappa shape index (κ1) is 19.5. The zero-order chi connectivity index (χ0) is 21.3. The summed E-state index contributed by atoms with van der Waals surface area (Å²) in [6.45, 7) is 5.09. The third-order valence-electron chi connectivity index (χ3n) is 4.69. The number of fused-ring (bicyclic) bond motifs is 1. The number of rotatable bonds is 4. The number of esters is 1. The van der Waals surface area contributed by atoms with E-state index in [9.17, 15) is 9.59 Å². The summed E-state index contributed by atoms with van der Waals surface area (Å²) in [6.07, 6.45) is 0. The third-order valence-corrected chi connectivity index (χ3v) is 4.69. The maximum Gasteiger partial charge on any atom is 0.313 e. The third kappa shape index (κ3) is 3.71. The normalized spacial score (nSPS) is 11.6. The number of hydrogen-bond acceptors (Lipinski definition) is 6. The number of H-pyrrole nitrogens is 1. The van der Waals surface area contributed by atoms with Gasteiger partial charge in [0.2, 0.25) is 0 Å². The Hall–Kier alpha value is -3.81. The highest BCUT2D eigenvalue weighted by Gasteiger charge is 2.24. The van der Waals surface area contributed by atoms with Crippen molar-refractivity contribution >= 4 is 16.7 Å². The van der Waals surface area contributed by atoms with Crippen LogP contribution in [0.25, 0.3) is 33.4 Å². The molecule has 0 saturated heterocycles. The zero-order valence-electron chi connectivity index (χ0n) is 16.9. The molecule has 8 nitrogen and oxygen atoms in total. The number of aromatic nitrogens is 5. The van der Waals surface area contributed by atoms with Crippen LogP contribution < -0.4 is 5.56 Å². The SMILES string of the molecule is CC(C)(C)C(=O)OCn1nnnc1-c1ccc(-c2cccc3ccccc23)[nH]c1=O.